The smallest absolute Gasteiger partial charge is 0.404 e. The molecule has 0 aromatic carbocycles. The molecule has 1 aliphatic carbocycles. The van der Waals surface area contributed by atoms with Crippen molar-refractivity contribution in [3.05, 3.63) is 23.5 Å². The average molecular weight is 236 g/mol. The first-order valence-electron chi connectivity index (χ1n) is 5.79. The zero-order valence-electron chi connectivity index (χ0n) is 9.77. The van der Waals surface area contributed by atoms with Crippen LogP contribution in [0.1, 0.15) is 30.5 Å². The number of ether oxygens (including phenoxy) is 1. The number of carbonyl (C=O) groups is 1. The molecular weight excluding hydrogens is 220 g/mol. The second kappa shape index (κ2) is 5.03. The number of pyridine rings is 1. The molecule has 1 unspecified atom stereocenters. The number of hydrogen-bond donors (Lipinski definition) is 2. The summed E-state index contributed by atoms with van der Waals surface area (Å²) in [5, 5.41) is 11.0. The Kier molecular flexibility index (Phi) is 3.46. The summed E-state index contributed by atoms with van der Waals surface area (Å²) in [5.41, 5.74) is 2.11. The van der Waals surface area contributed by atoms with Crippen LogP contribution < -0.4 is 10.1 Å². The van der Waals surface area contributed by atoms with Gasteiger partial charge in [-0.05, 0) is 25.8 Å². The SMILES string of the molecule is CCOc1ccnc2c1CCC2CNC(=O)O. The Morgan fingerprint density at radius 3 is 3.24 bits per heavy atom. The number of hydrogen-bond acceptors (Lipinski definition) is 3. The van der Waals surface area contributed by atoms with Gasteiger partial charge in [-0.2, -0.15) is 0 Å². The minimum Gasteiger partial charge on any atom is -0.493 e. The Morgan fingerprint density at radius 1 is 1.71 bits per heavy atom. The molecule has 1 aromatic heterocycles. The van der Waals surface area contributed by atoms with Crippen LogP contribution in [0.25, 0.3) is 0 Å². The summed E-state index contributed by atoms with van der Waals surface area (Å²) >= 11 is 0. The first-order chi connectivity index (χ1) is 8.22. The number of aromatic nitrogens is 1. The summed E-state index contributed by atoms with van der Waals surface area (Å²) in [4.78, 5) is 14.8. The van der Waals surface area contributed by atoms with E-state index in [9.17, 15) is 4.79 Å². The van der Waals surface area contributed by atoms with E-state index in [0.29, 0.717) is 13.2 Å². The maximum absolute atomic E-state index is 10.5. The van der Waals surface area contributed by atoms with Gasteiger partial charge in [0.1, 0.15) is 5.75 Å². The van der Waals surface area contributed by atoms with E-state index in [4.69, 9.17) is 9.84 Å². The number of amides is 1. The summed E-state index contributed by atoms with van der Waals surface area (Å²) in [6.45, 7) is 3.00. The lowest BCUT2D eigenvalue weighted by atomic mass is 10.1. The van der Waals surface area contributed by atoms with E-state index in [1.165, 1.54) is 0 Å². The highest BCUT2D eigenvalue weighted by atomic mass is 16.5. The number of fused-ring (bicyclic) bond motifs is 1. The van der Waals surface area contributed by atoms with Gasteiger partial charge in [-0.15, -0.1) is 0 Å². The molecule has 0 spiro atoms. The third-order valence-corrected chi connectivity index (χ3v) is 2.98. The average Bonchev–Trinajstić information content (AvgIpc) is 2.71. The van der Waals surface area contributed by atoms with Gasteiger partial charge >= 0.3 is 6.09 Å². The fraction of sp³-hybridized carbons (Fsp3) is 0.500. The van der Waals surface area contributed by atoms with Crippen molar-refractivity contribution in [2.45, 2.75) is 25.7 Å². The Hall–Kier alpha value is -1.78. The van der Waals surface area contributed by atoms with Crippen molar-refractivity contribution in [3.63, 3.8) is 0 Å². The van der Waals surface area contributed by atoms with Gasteiger partial charge in [0, 0.05) is 24.2 Å². The van der Waals surface area contributed by atoms with Crippen molar-refractivity contribution in [3.8, 4) is 5.75 Å². The number of nitrogens with zero attached hydrogens (tertiary/aromatic N) is 1. The van der Waals surface area contributed by atoms with E-state index in [-0.39, 0.29) is 5.92 Å². The van der Waals surface area contributed by atoms with Gasteiger partial charge in [0.05, 0.1) is 12.3 Å². The normalized spacial score (nSPS) is 17.6. The summed E-state index contributed by atoms with van der Waals surface area (Å²) < 4.78 is 5.55. The van der Waals surface area contributed by atoms with Crippen molar-refractivity contribution in [1.82, 2.24) is 10.3 Å². The molecule has 5 heteroatoms. The van der Waals surface area contributed by atoms with E-state index in [1.807, 2.05) is 13.0 Å². The van der Waals surface area contributed by atoms with Crippen LogP contribution >= 0.6 is 0 Å². The Labute approximate surface area is 99.8 Å². The highest BCUT2D eigenvalue weighted by Gasteiger charge is 2.26. The van der Waals surface area contributed by atoms with Crippen LogP contribution in [-0.4, -0.2) is 29.3 Å². The maximum Gasteiger partial charge on any atom is 0.404 e. The lowest BCUT2D eigenvalue weighted by molar-refractivity contribution is 0.193. The monoisotopic (exact) mass is 236 g/mol. The van der Waals surface area contributed by atoms with E-state index in [1.54, 1.807) is 6.20 Å². The molecule has 1 atom stereocenters. The van der Waals surface area contributed by atoms with Gasteiger partial charge in [-0.1, -0.05) is 0 Å². The molecule has 5 nitrogen and oxygen atoms in total. The largest absolute Gasteiger partial charge is 0.493 e. The first kappa shape index (κ1) is 11.7. The molecule has 0 radical (unpaired) electrons. The molecule has 17 heavy (non-hydrogen) atoms. The molecular formula is C12H16N2O3. The maximum atomic E-state index is 10.5. The van der Waals surface area contributed by atoms with Crippen molar-refractivity contribution in [2.75, 3.05) is 13.2 Å². The minimum atomic E-state index is -0.987. The van der Waals surface area contributed by atoms with Crippen LogP contribution in [-0.2, 0) is 6.42 Å². The molecule has 0 fully saturated rings. The lowest BCUT2D eigenvalue weighted by Crippen LogP contribution is -2.26. The molecule has 1 aliphatic rings. The molecule has 0 saturated heterocycles. The van der Waals surface area contributed by atoms with Crippen LogP contribution in [0, 0.1) is 0 Å². The molecule has 1 amide bonds. The molecule has 0 aliphatic heterocycles. The van der Waals surface area contributed by atoms with Gasteiger partial charge in [0.25, 0.3) is 0 Å². The molecule has 92 valence electrons. The van der Waals surface area contributed by atoms with Gasteiger partial charge in [-0.3, -0.25) is 4.98 Å². The van der Waals surface area contributed by atoms with Crippen molar-refractivity contribution < 1.29 is 14.6 Å². The van der Waals surface area contributed by atoms with Crippen LogP contribution in [0.3, 0.4) is 0 Å². The van der Waals surface area contributed by atoms with Crippen LogP contribution in [0.15, 0.2) is 12.3 Å². The van der Waals surface area contributed by atoms with Crippen LogP contribution in [0.4, 0.5) is 4.79 Å². The highest BCUT2D eigenvalue weighted by Crippen LogP contribution is 2.36. The van der Waals surface area contributed by atoms with E-state index in [2.05, 4.69) is 10.3 Å². The second-order valence-electron chi connectivity index (χ2n) is 4.03. The third-order valence-electron chi connectivity index (χ3n) is 2.98. The van der Waals surface area contributed by atoms with Gasteiger partial charge < -0.3 is 15.2 Å². The molecule has 1 aromatic rings. The van der Waals surface area contributed by atoms with E-state index < -0.39 is 6.09 Å². The molecule has 2 rings (SSSR count). The highest BCUT2D eigenvalue weighted by molar-refractivity contribution is 5.64. The van der Waals surface area contributed by atoms with E-state index >= 15 is 0 Å². The fourth-order valence-electron chi connectivity index (χ4n) is 2.25. The second-order valence-corrected chi connectivity index (χ2v) is 4.03. The first-order valence-corrected chi connectivity index (χ1v) is 5.79. The molecule has 2 N–H and O–H groups in total. The summed E-state index contributed by atoms with van der Waals surface area (Å²) in [7, 11) is 0. The third kappa shape index (κ3) is 2.49. The standard InChI is InChI=1S/C12H16N2O3/c1-2-17-10-5-6-13-11-8(3-4-9(10)11)7-14-12(15)16/h5-6,8,14H,2-4,7H2,1H3,(H,15,16). The van der Waals surface area contributed by atoms with Crippen LogP contribution in [0.5, 0.6) is 5.75 Å². The van der Waals surface area contributed by atoms with E-state index in [0.717, 1.165) is 29.8 Å². The minimum absolute atomic E-state index is 0.168. The zero-order valence-corrected chi connectivity index (χ0v) is 9.77. The number of rotatable bonds is 4. The Bertz CT molecular complexity index is 420. The molecule has 1 heterocycles. The van der Waals surface area contributed by atoms with Gasteiger partial charge in [0.15, 0.2) is 0 Å². The quantitative estimate of drug-likeness (QED) is 0.835. The molecule has 0 saturated carbocycles. The summed E-state index contributed by atoms with van der Waals surface area (Å²) in [6, 6.07) is 1.87. The predicted octanol–water partition coefficient (Wildman–Crippen LogP) is 1.78. The predicted molar refractivity (Wildman–Crippen MR) is 62.5 cm³/mol. The fourth-order valence-corrected chi connectivity index (χ4v) is 2.25. The van der Waals surface area contributed by atoms with Gasteiger partial charge in [-0.25, -0.2) is 4.79 Å². The topological polar surface area (TPSA) is 71.5 Å². The Balaban J connectivity index is 2.14. The van der Waals surface area contributed by atoms with Gasteiger partial charge in [0.2, 0.25) is 0 Å². The molecule has 0 bridgehead atoms. The number of carboxylic acid groups (broad SMARTS) is 1. The van der Waals surface area contributed by atoms with Crippen molar-refractivity contribution in [1.29, 1.82) is 0 Å². The van der Waals surface area contributed by atoms with Crippen LogP contribution in [0.2, 0.25) is 0 Å². The number of nitrogens with one attached hydrogen (secondary N) is 1. The van der Waals surface area contributed by atoms with Crippen molar-refractivity contribution in [2.24, 2.45) is 0 Å². The zero-order chi connectivity index (χ0) is 12.3. The summed E-state index contributed by atoms with van der Waals surface area (Å²) in [6.07, 6.45) is 2.57. The van der Waals surface area contributed by atoms with Crippen molar-refractivity contribution >= 4 is 6.09 Å². The Morgan fingerprint density at radius 2 is 2.53 bits per heavy atom. The summed E-state index contributed by atoms with van der Waals surface area (Å²) in [5.74, 6) is 1.05. The lowest BCUT2D eigenvalue weighted by Gasteiger charge is -2.11.